The first kappa shape index (κ1) is 19.2. The van der Waals surface area contributed by atoms with E-state index in [9.17, 15) is 4.79 Å². The van der Waals surface area contributed by atoms with E-state index in [1.165, 1.54) is 24.4 Å². The molecular formula is C21H28N4O2S. The lowest BCUT2D eigenvalue weighted by Gasteiger charge is -2.24. The molecule has 2 aliphatic rings. The zero-order valence-corrected chi connectivity index (χ0v) is 17.3. The van der Waals surface area contributed by atoms with Gasteiger partial charge in [0, 0.05) is 50.1 Å². The average molecular weight is 401 g/mol. The number of benzene rings is 1. The van der Waals surface area contributed by atoms with Crippen molar-refractivity contribution in [2.24, 2.45) is 5.92 Å². The van der Waals surface area contributed by atoms with Crippen LogP contribution < -0.4 is 9.64 Å². The molecule has 7 heteroatoms. The van der Waals surface area contributed by atoms with Crippen LogP contribution in [-0.2, 0) is 11.2 Å². The van der Waals surface area contributed by atoms with E-state index < -0.39 is 0 Å². The Morgan fingerprint density at radius 3 is 2.86 bits per heavy atom. The highest BCUT2D eigenvalue weighted by Gasteiger charge is 2.28. The summed E-state index contributed by atoms with van der Waals surface area (Å²) in [6.45, 7) is 3.43. The van der Waals surface area contributed by atoms with Crippen molar-refractivity contribution in [3.8, 4) is 5.75 Å². The third-order valence-electron chi connectivity index (χ3n) is 5.74. The first-order valence-corrected chi connectivity index (χ1v) is 11.0. The van der Waals surface area contributed by atoms with E-state index in [1.807, 2.05) is 18.2 Å². The van der Waals surface area contributed by atoms with Crippen LogP contribution in [0.1, 0.15) is 43.5 Å². The predicted octanol–water partition coefficient (Wildman–Crippen LogP) is 3.37. The minimum absolute atomic E-state index is 0.266. The Balaban J connectivity index is 1.36. The minimum atomic E-state index is 0.266. The summed E-state index contributed by atoms with van der Waals surface area (Å²) in [6.07, 6.45) is 6.25. The summed E-state index contributed by atoms with van der Waals surface area (Å²) < 4.78 is 9.85. The monoisotopic (exact) mass is 400 g/mol. The summed E-state index contributed by atoms with van der Waals surface area (Å²) in [7, 11) is 1.68. The molecule has 0 bridgehead atoms. The zero-order valence-electron chi connectivity index (χ0n) is 16.5. The first-order valence-electron chi connectivity index (χ1n) is 10.2. The number of ether oxygens (including phenoxy) is 1. The van der Waals surface area contributed by atoms with E-state index in [0.717, 1.165) is 67.7 Å². The number of anilines is 1. The van der Waals surface area contributed by atoms with Crippen molar-refractivity contribution < 1.29 is 9.53 Å². The molecule has 1 amide bonds. The van der Waals surface area contributed by atoms with Crippen molar-refractivity contribution in [1.29, 1.82) is 0 Å². The largest absolute Gasteiger partial charge is 0.497 e. The van der Waals surface area contributed by atoms with Gasteiger partial charge in [-0.15, -0.1) is 0 Å². The van der Waals surface area contributed by atoms with Gasteiger partial charge in [0.15, 0.2) is 0 Å². The molecule has 150 valence electrons. The lowest BCUT2D eigenvalue weighted by atomic mass is 10.1. The van der Waals surface area contributed by atoms with E-state index in [1.54, 1.807) is 7.11 Å². The van der Waals surface area contributed by atoms with Gasteiger partial charge in [0.25, 0.3) is 0 Å². The third kappa shape index (κ3) is 4.46. The second kappa shape index (κ2) is 8.90. The van der Waals surface area contributed by atoms with Crippen LogP contribution in [0.15, 0.2) is 24.3 Å². The molecule has 1 aromatic heterocycles. The summed E-state index contributed by atoms with van der Waals surface area (Å²) in [4.78, 5) is 21.9. The molecule has 1 saturated heterocycles. The number of carbonyl (C=O) groups is 1. The van der Waals surface area contributed by atoms with Gasteiger partial charge < -0.3 is 14.5 Å². The summed E-state index contributed by atoms with van der Waals surface area (Å²) in [6, 6.07) is 8.03. The van der Waals surface area contributed by atoms with Crippen molar-refractivity contribution in [3.63, 3.8) is 0 Å². The molecule has 2 fully saturated rings. The van der Waals surface area contributed by atoms with Crippen LogP contribution in [0.25, 0.3) is 0 Å². The van der Waals surface area contributed by atoms with E-state index >= 15 is 0 Å². The highest BCUT2D eigenvalue weighted by Crippen LogP contribution is 2.27. The lowest BCUT2D eigenvalue weighted by Crippen LogP contribution is -2.38. The topological polar surface area (TPSA) is 58.6 Å². The average Bonchev–Trinajstić information content (AvgIpc) is 3.36. The van der Waals surface area contributed by atoms with E-state index in [4.69, 9.17) is 9.72 Å². The second-order valence-electron chi connectivity index (χ2n) is 7.67. The third-order valence-corrected chi connectivity index (χ3v) is 6.55. The molecule has 6 nitrogen and oxygen atoms in total. The summed E-state index contributed by atoms with van der Waals surface area (Å²) in [5.74, 6) is 2.33. The molecule has 0 atom stereocenters. The zero-order chi connectivity index (χ0) is 19.3. The molecule has 1 aromatic carbocycles. The van der Waals surface area contributed by atoms with Crippen LogP contribution in [0.2, 0.25) is 0 Å². The SMILES string of the molecule is COc1cccc(Cc2nsc(N3CCCN(C(=O)C4CCCC4)CC3)n2)c1. The van der Waals surface area contributed by atoms with Gasteiger partial charge in [0.1, 0.15) is 11.6 Å². The molecule has 2 aromatic rings. The molecule has 1 saturated carbocycles. The number of nitrogens with zero attached hydrogens (tertiary/aromatic N) is 4. The smallest absolute Gasteiger partial charge is 0.225 e. The van der Waals surface area contributed by atoms with Gasteiger partial charge in [0.2, 0.25) is 11.0 Å². The van der Waals surface area contributed by atoms with Gasteiger partial charge >= 0.3 is 0 Å². The van der Waals surface area contributed by atoms with Crippen molar-refractivity contribution in [2.45, 2.75) is 38.5 Å². The number of hydrogen-bond donors (Lipinski definition) is 0. The Kier molecular flexibility index (Phi) is 6.10. The molecule has 1 aliphatic carbocycles. The van der Waals surface area contributed by atoms with Crippen molar-refractivity contribution in [2.75, 3.05) is 38.2 Å². The fourth-order valence-electron chi connectivity index (χ4n) is 4.17. The fourth-order valence-corrected chi connectivity index (χ4v) is 4.91. The number of carbonyl (C=O) groups excluding carboxylic acids is 1. The number of methoxy groups -OCH3 is 1. The highest BCUT2D eigenvalue weighted by molar-refractivity contribution is 7.09. The molecule has 1 aliphatic heterocycles. The number of hydrogen-bond acceptors (Lipinski definition) is 6. The maximum atomic E-state index is 12.7. The summed E-state index contributed by atoms with van der Waals surface area (Å²) >= 11 is 1.46. The Bertz CT molecular complexity index is 803. The molecule has 28 heavy (non-hydrogen) atoms. The van der Waals surface area contributed by atoms with Gasteiger partial charge in [-0.1, -0.05) is 25.0 Å². The van der Waals surface area contributed by atoms with Gasteiger partial charge in [0.05, 0.1) is 7.11 Å². The number of rotatable bonds is 5. The van der Waals surface area contributed by atoms with Gasteiger partial charge in [-0.3, -0.25) is 4.79 Å². The standard InChI is InChI=1S/C21H28N4O2S/c1-27-18-9-4-6-16(14-18)15-19-22-21(28-23-19)25-11-5-10-24(12-13-25)20(26)17-7-2-3-8-17/h4,6,9,14,17H,2-3,5,7-8,10-13,15H2,1H3. The maximum absolute atomic E-state index is 12.7. The summed E-state index contributed by atoms with van der Waals surface area (Å²) in [5.41, 5.74) is 1.15. The minimum Gasteiger partial charge on any atom is -0.497 e. The Hall–Kier alpha value is -2.15. The van der Waals surface area contributed by atoms with Crippen molar-refractivity contribution in [1.82, 2.24) is 14.3 Å². The van der Waals surface area contributed by atoms with Gasteiger partial charge in [-0.05, 0) is 37.0 Å². The Morgan fingerprint density at radius 2 is 2.04 bits per heavy atom. The molecule has 0 radical (unpaired) electrons. The molecule has 4 rings (SSSR count). The van der Waals surface area contributed by atoms with Crippen LogP contribution in [0.4, 0.5) is 5.13 Å². The maximum Gasteiger partial charge on any atom is 0.225 e. The Labute approximate surface area is 170 Å². The van der Waals surface area contributed by atoms with Crippen molar-refractivity contribution >= 4 is 22.6 Å². The number of aromatic nitrogens is 2. The Morgan fingerprint density at radius 1 is 1.18 bits per heavy atom. The van der Waals surface area contributed by atoms with E-state index in [2.05, 4.69) is 20.2 Å². The van der Waals surface area contributed by atoms with Crippen LogP contribution in [0, 0.1) is 5.92 Å². The van der Waals surface area contributed by atoms with E-state index in [-0.39, 0.29) is 5.92 Å². The first-order chi connectivity index (χ1) is 13.7. The van der Waals surface area contributed by atoms with Crippen molar-refractivity contribution in [3.05, 3.63) is 35.7 Å². The molecule has 2 heterocycles. The van der Waals surface area contributed by atoms with Crippen LogP contribution in [0.3, 0.4) is 0 Å². The van der Waals surface area contributed by atoms with Crippen LogP contribution in [-0.4, -0.2) is 53.5 Å². The molecule has 0 spiro atoms. The lowest BCUT2D eigenvalue weighted by molar-refractivity contribution is -0.135. The van der Waals surface area contributed by atoms with Crippen LogP contribution in [0.5, 0.6) is 5.75 Å². The quantitative estimate of drug-likeness (QED) is 0.770. The predicted molar refractivity (Wildman–Crippen MR) is 111 cm³/mol. The normalized spacial score (nSPS) is 18.3. The van der Waals surface area contributed by atoms with Crippen LogP contribution >= 0.6 is 11.5 Å². The number of amides is 1. The second-order valence-corrected chi connectivity index (χ2v) is 8.40. The fraction of sp³-hybridized carbons (Fsp3) is 0.571. The van der Waals surface area contributed by atoms with Gasteiger partial charge in [-0.25, -0.2) is 4.98 Å². The molecular weight excluding hydrogens is 372 g/mol. The van der Waals surface area contributed by atoms with Gasteiger partial charge in [-0.2, -0.15) is 4.37 Å². The molecule has 0 unspecified atom stereocenters. The molecule has 0 N–H and O–H groups in total. The highest BCUT2D eigenvalue weighted by atomic mass is 32.1. The van der Waals surface area contributed by atoms with E-state index in [0.29, 0.717) is 12.3 Å². The summed E-state index contributed by atoms with van der Waals surface area (Å²) in [5, 5.41) is 0.966.